The molecular formula is C18H20N2O4S. The molecule has 0 bridgehead atoms. The van der Waals surface area contributed by atoms with Crippen LogP contribution in [0.3, 0.4) is 0 Å². The Hall–Kier alpha value is -2.38. The summed E-state index contributed by atoms with van der Waals surface area (Å²) in [5.74, 6) is 1.26. The van der Waals surface area contributed by atoms with Crippen molar-refractivity contribution < 1.29 is 17.6 Å². The van der Waals surface area contributed by atoms with Crippen molar-refractivity contribution in [2.75, 3.05) is 26.2 Å². The number of hydrogen-bond acceptors (Lipinski definition) is 4. The van der Waals surface area contributed by atoms with E-state index in [0.717, 1.165) is 5.76 Å². The van der Waals surface area contributed by atoms with E-state index in [0.29, 0.717) is 18.8 Å². The number of carbonyl (C=O) groups excluding carboxylic acids is 1. The minimum atomic E-state index is -3.50. The summed E-state index contributed by atoms with van der Waals surface area (Å²) in [7, 11) is -3.50. The van der Waals surface area contributed by atoms with E-state index in [1.165, 1.54) is 10.4 Å². The quantitative estimate of drug-likeness (QED) is 0.783. The zero-order valence-corrected chi connectivity index (χ0v) is 14.8. The van der Waals surface area contributed by atoms with Crippen LogP contribution in [0.15, 0.2) is 57.9 Å². The Morgan fingerprint density at radius 1 is 1.04 bits per heavy atom. The zero-order chi connectivity index (χ0) is 17.9. The fourth-order valence-corrected chi connectivity index (χ4v) is 4.14. The van der Waals surface area contributed by atoms with Gasteiger partial charge < -0.3 is 9.32 Å². The maximum Gasteiger partial charge on any atom is 0.246 e. The summed E-state index contributed by atoms with van der Waals surface area (Å²) in [5, 5.41) is 0. The van der Waals surface area contributed by atoms with Crippen LogP contribution in [-0.2, 0) is 14.8 Å². The number of carbonyl (C=O) groups is 1. The smallest absolute Gasteiger partial charge is 0.246 e. The number of sulfonamides is 1. The van der Waals surface area contributed by atoms with Gasteiger partial charge >= 0.3 is 0 Å². The fourth-order valence-electron chi connectivity index (χ4n) is 2.69. The van der Waals surface area contributed by atoms with Crippen molar-refractivity contribution in [3.8, 4) is 0 Å². The Bertz CT molecular complexity index is 863. The second-order valence-corrected chi connectivity index (χ2v) is 7.76. The lowest BCUT2D eigenvalue weighted by Crippen LogP contribution is -2.50. The van der Waals surface area contributed by atoms with E-state index in [4.69, 9.17) is 4.42 Å². The van der Waals surface area contributed by atoms with Crippen LogP contribution in [-0.4, -0.2) is 49.7 Å². The first-order valence-corrected chi connectivity index (χ1v) is 9.49. The number of nitrogens with zero attached hydrogens (tertiary/aromatic N) is 2. The molecule has 25 heavy (non-hydrogen) atoms. The average Bonchev–Trinajstić information content (AvgIpc) is 3.06. The molecule has 2 aromatic rings. The first kappa shape index (κ1) is 17.4. The lowest BCUT2D eigenvalue weighted by atomic mass is 10.3. The Morgan fingerprint density at radius 2 is 1.72 bits per heavy atom. The van der Waals surface area contributed by atoms with Crippen molar-refractivity contribution in [3.63, 3.8) is 0 Å². The second-order valence-electron chi connectivity index (χ2n) is 5.82. The summed E-state index contributed by atoms with van der Waals surface area (Å²) >= 11 is 0. The molecule has 0 radical (unpaired) electrons. The first-order chi connectivity index (χ1) is 12.0. The van der Waals surface area contributed by atoms with Crippen LogP contribution >= 0.6 is 0 Å². The molecule has 1 aliphatic heterocycles. The molecule has 132 valence electrons. The largest absolute Gasteiger partial charge is 0.462 e. The molecular weight excluding hydrogens is 340 g/mol. The highest BCUT2D eigenvalue weighted by atomic mass is 32.2. The summed E-state index contributed by atoms with van der Waals surface area (Å²) in [6, 6.07) is 12.0. The predicted molar refractivity (Wildman–Crippen MR) is 94.3 cm³/mol. The maximum atomic E-state index is 12.6. The minimum absolute atomic E-state index is 0.147. The molecule has 0 saturated carbocycles. The molecule has 1 aromatic heterocycles. The fraction of sp³-hybridized carbons (Fsp3) is 0.278. The van der Waals surface area contributed by atoms with Crippen molar-refractivity contribution in [2.45, 2.75) is 11.8 Å². The monoisotopic (exact) mass is 360 g/mol. The Morgan fingerprint density at radius 3 is 2.32 bits per heavy atom. The first-order valence-electron chi connectivity index (χ1n) is 8.05. The molecule has 1 aliphatic rings. The maximum absolute atomic E-state index is 12.6. The third-order valence-corrected chi connectivity index (χ3v) is 6.00. The number of piperazine rings is 1. The van der Waals surface area contributed by atoms with Gasteiger partial charge in [-0.1, -0.05) is 18.2 Å². The molecule has 1 aromatic carbocycles. The lowest BCUT2D eigenvalue weighted by Gasteiger charge is -2.33. The highest BCUT2D eigenvalue weighted by Crippen LogP contribution is 2.17. The van der Waals surface area contributed by atoms with Gasteiger partial charge in [0.25, 0.3) is 0 Å². The summed E-state index contributed by atoms with van der Waals surface area (Å²) in [4.78, 5) is 14.2. The molecule has 0 unspecified atom stereocenters. The number of furan rings is 1. The van der Waals surface area contributed by atoms with E-state index in [1.54, 1.807) is 47.4 Å². The van der Waals surface area contributed by atoms with E-state index in [-0.39, 0.29) is 23.9 Å². The van der Waals surface area contributed by atoms with Crippen LogP contribution < -0.4 is 0 Å². The van der Waals surface area contributed by atoms with E-state index in [2.05, 4.69) is 0 Å². The van der Waals surface area contributed by atoms with Crippen molar-refractivity contribution in [3.05, 3.63) is 60.1 Å². The van der Waals surface area contributed by atoms with E-state index in [9.17, 15) is 13.2 Å². The van der Waals surface area contributed by atoms with Gasteiger partial charge in [0.15, 0.2) is 0 Å². The predicted octanol–water partition coefficient (Wildman–Crippen LogP) is 2.13. The van der Waals surface area contributed by atoms with Gasteiger partial charge in [0, 0.05) is 32.3 Å². The van der Waals surface area contributed by atoms with Crippen molar-refractivity contribution in [1.29, 1.82) is 0 Å². The molecule has 3 rings (SSSR count). The summed E-state index contributed by atoms with van der Waals surface area (Å²) in [6.45, 7) is 3.15. The minimum Gasteiger partial charge on any atom is -0.462 e. The highest BCUT2D eigenvalue weighted by molar-refractivity contribution is 7.89. The Labute approximate surface area is 147 Å². The average molecular weight is 360 g/mol. The van der Waals surface area contributed by atoms with Crippen molar-refractivity contribution in [2.24, 2.45) is 0 Å². The third kappa shape index (κ3) is 4.00. The van der Waals surface area contributed by atoms with Crippen LogP contribution in [0.5, 0.6) is 0 Å². The third-order valence-electron chi connectivity index (χ3n) is 4.08. The zero-order valence-electron chi connectivity index (χ0n) is 14.0. The highest BCUT2D eigenvalue weighted by Gasteiger charge is 2.29. The van der Waals surface area contributed by atoms with Crippen molar-refractivity contribution in [1.82, 2.24) is 9.21 Å². The van der Waals surface area contributed by atoms with Gasteiger partial charge in [-0.2, -0.15) is 4.31 Å². The van der Waals surface area contributed by atoms with E-state index < -0.39 is 10.0 Å². The number of benzene rings is 1. The molecule has 0 aliphatic carbocycles. The summed E-state index contributed by atoms with van der Waals surface area (Å²) in [5.41, 5.74) is 0. The lowest BCUT2D eigenvalue weighted by molar-refractivity contribution is -0.127. The SMILES string of the molecule is Cc1ccc(/C=C/C(=O)N2CCN(S(=O)(=O)c3ccccc3)CC2)o1. The van der Waals surface area contributed by atoms with Crippen LogP contribution in [0.25, 0.3) is 6.08 Å². The molecule has 2 heterocycles. The van der Waals surface area contributed by atoms with Gasteiger partial charge in [0.05, 0.1) is 4.90 Å². The van der Waals surface area contributed by atoms with Gasteiger partial charge in [-0.25, -0.2) is 8.42 Å². The van der Waals surface area contributed by atoms with Crippen LogP contribution in [0.1, 0.15) is 11.5 Å². The molecule has 0 atom stereocenters. The van der Waals surface area contributed by atoms with Gasteiger partial charge in [0.1, 0.15) is 11.5 Å². The van der Waals surface area contributed by atoms with Gasteiger partial charge in [0.2, 0.25) is 15.9 Å². The number of hydrogen-bond donors (Lipinski definition) is 0. The Balaban J connectivity index is 1.60. The molecule has 1 fully saturated rings. The van der Waals surface area contributed by atoms with Crippen LogP contribution in [0.2, 0.25) is 0 Å². The molecule has 0 N–H and O–H groups in total. The van der Waals surface area contributed by atoms with E-state index in [1.807, 2.05) is 13.0 Å². The van der Waals surface area contributed by atoms with Crippen LogP contribution in [0.4, 0.5) is 0 Å². The normalized spacial score (nSPS) is 16.4. The summed E-state index contributed by atoms with van der Waals surface area (Å²) in [6.07, 6.45) is 3.09. The van der Waals surface area contributed by atoms with Crippen molar-refractivity contribution >= 4 is 22.0 Å². The van der Waals surface area contributed by atoms with Crippen LogP contribution in [0, 0.1) is 6.92 Å². The molecule has 0 spiro atoms. The summed E-state index contributed by atoms with van der Waals surface area (Å²) < 4.78 is 32.0. The number of rotatable bonds is 4. The van der Waals surface area contributed by atoms with Gasteiger partial charge in [-0.15, -0.1) is 0 Å². The van der Waals surface area contributed by atoms with E-state index >= 15 is 0 Å². The van der Waals surface area contributed by atoms with Gasteiger partial charge in [-0.3, -0.25) is 4.79 Å². The molecule has 1 saturated heterocycles. The van der Waals surface area contributed by atoms with Gasteiger partial charge in [-0.05, 0) is 37.3 Å². The molecule has 1 amide bonds. The standard InChI is InChI=1S/C18H20N2O4S/c1-15-7-8-16(24-15)9-10-18(21)19-11-13-20(14-12-19)25(22,23)17-5-3-2-4-6-17/h2-10H,11-14H2,1H3/b10-9+. The molecule has 7 heteroatoms. The number of amides is 1. The molecule has 6 nitrogen and oxygen atoms in total. The second kappa shape index (κ2) is 7.25. The topological polar surface area (TPSA) is 70.8 Å². The Kier molecular flexibility index (Phi) is 5.06. The number of aryl methyl sites for hydroxylation is 1.